The fourth-order valence-corrected chi connectivity index (χ4v) is 1.11. The van der Waals surface area contributed by atoms with Crippen LogP contribution in [-0.4, -0.2) is 25.1 Å². The molecule has 3 N–H and O–H groups in total. The Bertz CT molecular complexity index is 346. The van der Waals surface area contributed by atoms with Crippen molar-refractivity contribution in [3.05, 3.63) is 30.1 Å². The van der Waals surface area contributed by atoms with E-state index in [0.29, 0.717) is 18.8 Å². The number of carbonyl (C=O) groups excluding carboxylic acids is 1. The van der Waals surface area contributed by atoms with Gasteiger partial charge in [0, 0.05) is 13.1 Å². The summed E-state index contributed by atoms with van der Waals surface area (Å²) in [5, 5.41) is 2.60. The Kier molecular flexibility index (Phi) is 7.25. The zero-order valence-electron chi connectivity index (χ0n) is 9.48. The lowest BCUT2D eigenvalue weighted by atomic mass is 10.3. The fourth-order valence-electron chi connectivity index (χ4n) is 1.11. The molecule has 0 aliphatic heterocycles. The number of carbonyl (C=O) groups is 1. The molecule has 0 aliphatic rings. The van der Waals surface area contributed by atoms with Crippen LogP contribution in [0, 0.1) is 5.82 Å². The summed E-state index contributed by atoms with van der Waals surface area (Å²) in [5.41, 5.74) is 5.25. The Morgan fingerprint density at radius 1 is 1.47 bits per heavy atom. The van der Waals surface area contributed by atoms with Gasteiger partial charge >= 0.3 is 0 Å². The molecule has 0 fully saturated rings. The van der Waals surface area contributed by atoms with Gasteiger partial charge in [-0.15, -0.1) is 12.4 Å². The lowest BCUT2D eigenvalue weighted by Gasteiger charge is -2.14. The third kappa shape index (κ3) is 5.51. The van der Waals surface area contributed by atoms with E-state index in [9.17, 15) is 9.18 Å². The van der Waals surface area contributed by atoms with Crippen LogP contribution in [0.4, 0.5) is 4.39 Å². The van der Waals surface area contributed by atoms with Crippen molar-refractivity contribution in [2.75, 3.05) is 13.1 Å². The molecule has 1 amide bonds. The lowest BCUT2D eigenvalue weighted by Crippen LogP contribution is -2.38. The van der Waals surface area contributed by atoms with E-state index < -0.39 is 6.10 Å². The zero-order chi connectivity index (χ0) is 12.0. The van der Waals surface area contributed by atoms with Crippen molar-refractivity contribution >= 4 is 18.3 Å². The number of amides is 1. The molecule has 0 saturated carbocycles. The van der Waals surface area contributed by atoms with E-state index in [1.165, 1.54) is 24.3 Å². The Labute approximate surface area is 106 Å². The van der Waals surface area contributed by atoms with Crippen molar-refractivity contribution in [3.8, 4) is 5.75 Å². The first kappa shape index (κ1) is 15.7. The first-order chi connectivity index (χ1) is 7.63. The van der Waals surface area contributed by atoms with Crippen molar-refractivity contribution in [1.82, 2.24) is 5.32 Å². The average molecular weight is 263 g/mol. The van der Waals surface area contributed by atoms with Gasteiger partial charge in [-0.05, 0) is 31.2 Å². The molecule has 0 aliphatic carbocycles. The van der Waals surface area contributed by atoms with Crippen LogP contribution in [0.1, 0.15) is 6.92 Å². The SMILES string of the molecule is CC(Oc1ccc(F)cc1)C(=O)NCCN.Cl. The molecule has 1 aromatic carbocycles. The molecule has 1 atom stereocenters. The second-order valence-corrected chi connectivity index (χ2v) is 3.29. The van der Waals surface area contributed by atoms with E-state index in [-0.39, 0.29) is 24.1 Å². The van der Waals surface area contributed by atoms with Crippen LogP contribution >= 0.6 is 12.4 Å². The van der Waals surface area contributed by atoms with Crippen molar-refractivity contribution in [2.24, 2.45) is 5.73 Å². The van der Waals surface area contributed by atoms with E-state index in [1.807, 2.05) is 0 Å². The van der Waals surface area contributed by atoms with Crippen molar-refractivity contribution < 1.29 is 13.9 Å². The van der Waals surface area contributed by atoms with Gasteiger partial charge in [0.05, 0.1) is 0 Å². The number of hydrogen-bond donors (Lipinski definition) is 2. The van der Waals surface area contributed by atoms with E-state index in [0.717, 1.165) is 0 Å². The number of halogens is 2. The molecule has 0 radical (unpaired) electrons. The van der Waals surface area contributed by atoms with Crippen LogP contribution in [-0.2, 0) is 4.79 Å². The molecule has 96 valence electrons. The fraction of sp³-hybridized carbons (Fsp3) is 0.364. The molecule has 0 aromatic heterocycles. The summed E-state index contributed by atoms with van der Waals surface area (Å²) in [6.07, 6.45) is -0.628. The van der Waals surface area contributed by atoms with Crippen molar-refractivity contribution in [3.63, 3.8) is 0 Å². The minimum absolute atomic E-state index is 0. The lowest BCUT2D eigenvalue weighted by molar-refractivity contribution is -0.127. The number of hydrogen-bond acceptors (Lipinski definition) is 3. The maximum absolute atomic E-state index is 12.6. The molecular weight excluding hydrogens is 247 g/mol. The Morgan fingerprint density at radius 2 is 2.06 bits per heavy atom. The minimum Gasteiger partial charge on any atom is -0.481 e. The molecule has 4 nitrogen and oxygen atoms in total. The molecular formula is C11H16ClFN2O2. The van der Waals surface area contributed by atoms with Gasteiger partial charge in [0.1, 0.15) is 11.6 Å². The summed E-state index contributed by atoms with van der Waals surface area (Å²) >= 11 is 0. The predicted molar refractivity (Wildman–Crippen MR) is 65.8 cm³/mol. The van der Waals surface area contributed by atoms with Gasteiger partial charge in [-0.3, -0.25) is 4.79 Å². The molecule has 0 bridgehead atoms. The average Bonchev–Trinajstić information content (AvgIpc) is 2.29. The molecule has 0 spiro atoms. The van der Waals surface area contributed by atoms with Crippen LogP contribution in [0.25, 0.3) is 0 Å². The standard InChI is InChI=1S/C11H15FN2O2.ClH/c1-8(11(15)14-7-6-13)16-10-4-2-9(12)3-5-10;/h2-5,8H,6-7,13H2,1H3,(H,14,15);1H. The summed E-state index contributed by atoms with van der Waals surface area (Å²) in [6.45, 7) is 2.42. The van der Waals surface area contributed by atoms with Crippen LogP contribution in [0.15, 0.2) is 24.3 Å². The van der Waals surface area contributed by atoms with Gasteiger partial charge in [-0.25, -0.2) is 4.39 Å². The van der Waals surface area contributed by atoms with E-state index >= 15 is 0 Å². The van der Waals surface area contributed by atoms with E-state index in [1.54, 1.807) is 6.92 Å². The molecule has 6 heteroatoms. The van der Waals surface area contributed by atoms with Gasteiger partial charge in [0.25, 0.3) is 5.91 Å². The predicted octanol–water partition coefficient (Wildman–Crippen LogP) is 1.09. The maximum atomic E-state index is 12.6. The van der Waals surface area contributed by atoms with E-state index in [2.05, 4.69) is 5.32 Å². The normalized spacial score (nSPS) is 11.2. The number of benzene rings is 1. The Hall–Kier alpha value is -1.33. The maximum Gasteiger partial charge on any atom is 0.260 e. The van der Waals surface area contributed by atoms with Gasteiger partial charge in [-0.1, -0.05) is 0 Å². The quantitative estimate of drug-likeness (QED) is 0.835. The minimum atomic E-state index is -0.628. The number of nitrogens with two attached hydrogens (primary N) is 1. The van der Waals surface area contributed by atoms with Gasteiger partial charge in [-0.2, -0.15) is 0 Å². The molecule has 1 aromatic rings. The number of rotatable bonds is 5. The summed E-state index contributed by atoms with van der Waals surface area (Å²) < 4.78 is 17.9. The highest BCUT2D eigenvalue weighted by molar-refractivity contribution is 5.85. The molecule has 17 heavy (non-hydrogen) atoms. The smallest absolute Gasteiger partial charge is 0.260 e. The largest absolute Gasteiger partial charge is 0.481 e. The van der Waals surface area contributed by atoms with E-state index in [4.69, 9.17) is 10.5 Å². The summed E-state index contributed by atoms with van der Waals surface area (Å²) in [5.74, 6) is -0.126. The molecule has 0 heterocycles. The van der Waals surface area contributed by atoms with Crippen LogP contribution in [0.5, 0.6) is 5.75 Å². The third-order valence-corrected chi connectivity index (χ3v) is 1.94. The van der Waals surface area contributed by atoms with Gasteiger partial charge < -0.3 is 15.8 Å². The van der Waals surface area contributed by atoms with Gasteiger partial charge in [0.15, 0.2) is 6.10 Å². The second-order valence-electron chi connectivity index (χ2n) is 3.29. The van der Waals surface area contributed by atoms with Crippen LogP contribution in [0.3, 0.4) is 0 Å². The van der Waals surface area contributed by atoms with Crippen molar-refractivity contribution in [1.29, 1.82) is 0 Å². The third-order valence-electron chi connectivity index (χ3n) is 1.94. The Balaban J connectivity index is 0.00000256. The zero-order valence-corrected chi connectivity index (χ0v) is 10.3. The van der Waals surface area contributed by atoms with Crippen LogP contribution < -0.4 is 15.8 Å². The number of nitrogens with one attached hydrogen (secondary N) is 1. The van der Waals surface area contributed by atoms with Gasteiger partial charge in [0.2, 0.25) is 0 Å². The molecule has 1 unspecified atom stereocenters. The summed E-state index contributed by atoms with van der Waals surface area (Å²) in [4.78, 5) is 11.4. The Morgan fingerprint density at radius 3 is 2.59 bits per heavy atom. The first-order valence-corrected chi connectivity index (χ1v) is 5.03. The number of ether oxygens (including phenoxy) is 1. The van der Waals surface area contributed by atoms with Crippen molar-refractivity contribution in [2.45, 2.75) is 13.0 Å². The summed E-state index contributed by atoms with van der Waals surface area (Å²) in [6, 6.07) is 5.50. The highest BCUT2D eigenvalue weighted by Crippen LogP contribution is 2.12. The first-order valence-electron chi connectivity index (χ1n) is 5.03. The topological polar surface area (TPSA) is 64.3 Å². The highest BCUT2D eigenvalue weighted by Gasteiger charge is 2.13. The second kappa shape index (κ2) is 7.86. The van der Waals surface area contributed by atoms with Crippen LogP contribution in [0.2, 0.25) is 0 Å². The highest BCUT2D eigenvalue weighted by atomic mass is 35.5. The molecule has 0 saturated heterocycles. The monoisotopic (exact) mass is 262 g/mol. The molecule has 1 rings (SSSR count). The summed E-state index contributed by atoms with van der Waals surface area (Å²) in [7, 11) is 0.